The lowest BCUT2D eigenvalue weighted by molar-refractivity contribution is 0.276. The highest BCUT2D eigenvalue weighted by molar-refractivity contribution is 9.10. The Kier molecular flexibility index (Phi) is 4.71. The molecule has 0 aliphatic carbocycles. The van der Waals surface area contributed by atoms with Gasteiger partial charge in [0.25, 0.3) is 0 Å². The van der Waals surface area contributed by atoms with Crippen LogP contribution in [0.4, 0.5) is 0 Å². The lowest BCUT2D eigenvalue weighted by atomic mass is 10.00. The van der Waals surface area contributed by atoms with Crippen LogP contribution >= 0.6 is 15.9 Å². The van der Waals surface area contributed by atoms with Crippen LogP contribution < -0.4 is 5.73 Å². The maximum absolute atomic E-state index is 11.7. The fourth-order valence-corrected chi connectivity index (χ4v) is 3.11. The largest absolute Gasteiger partial charge is 0.396 e. The van der Waals surface area contributed by atoms with Crippen molar-refractivity contribution in [3.63, 3.8) is 0 Å². The summed E-state index contributed by atoms with van der Waals surface area (Å²) in [5, 5.41) is 8.91. The summed E-state index contributed by atoms with van der Waals surface area (Å²) in [4.78, 5) is 0.235. The summed E-state index contributed by atoms with van der Waals surface area (Å²) in [6.07, 6.45) is 1.49. The SMILES string of the molecule is Cc1c(Br)ccc(S(C)(=O)=O)c1C(N)CCO. The number of nitrogens with two attached hydrogens (primary N) is 1. The van der Waals surface area contributed by atoms with Gasteiger partial charge in [-0.05, 0) is 36.6 Å². The number of benzene rings is 1. The van der Waals surface area contributed by atoms with Crippen LogP contribution in [-0.2, 0) is 9.84 Å². The van der Waals surface area contributed by atoms with E-state index in [9.17, 15) is 8.42 Å². The average molecular weight is 322 g/mol. The molecule has 6 heteroatoms. The van der Waals surface area contributed by atoms with E-state index in [4.69, 9.17) is 10.8 Å². The number of hydrogen-bond donors (Lipinski definition) is 2. The van der Waals surface area contributed by atoms with Crippen molar-refractivity contribution in [3.05, 3.63) is 27.7 Å². The van der Waals surface area contributed by atoms with Crippen molar-refractivity contribution in [3.8, 4) is 0 Å². The Hall–Kier alpha value is -0.430. The molecule has 3 N–H and O–H groups in total. The molecule has 1 rings (SSSR count). The highest BCUT2D eigenvalue weighted by atomic mass is 79.9. The zero-order valence-electron chi connectivity index (χ0n) is 9.77. The smallest absolute Gasteiger partial charge is 0.175 e. The second-order valence-corrected chi connectivity index (χ2v) is 6.81. The molecular formula is C11H16BrNO3S. The maximum Gasteiger partial charge on any atom is 0.175 e. The molecule has 17 heavy (non-hydrogen) atoms. The van der Waals surface area contributed by atoms with Crippen molar-refractivity contribution in [2.24, 2.45) is 5.73 Å². The van der Waals surface area contributed by atoms with Gasteiger partial charge in [0.05, 0.1) is 4.90 Å². The van der Waals surface area contributed by atoms with Gasteiger partial charge in [0.1, 0.15) is 0 Å². The minimum atomic E-state index is -3.32. The summed E-state index contributed by atoms with van der Waals surface area (Å²) in [7, 11) is -3.32. The molecule has 0 bridgehead atoms. The molecule has 0 aromatic heterocycles. The van der Waals surface area contributed by atoms with Crippen LogP contribution in [0.15, 0.2) is 21.5 Å². The molecule has 0 saturated carbocycles. The quantitative estimate of drug-likeness (QED) is 0.881. The van der Waals surface area contributed by atoms with Gasteiger partial charge in [-0.2, -0.15) is 0 Å². The van der Waals surface area contributed by atoms with Crippen LogP contribution in [0.3, 0.4) is 0 Å². The number of aliphatic hydroxyl groups is 1. The van der Waals surface area contributed by atoms with E-state index >= 15 is 0 Å². The Labute approximate surface area is 110 Å². The van der Waals surface area contributed by atoms with E-state index in [1.807, 2.05) is 6.92 Å². The van der Waals surface area contributed by atoms with Gasteiger partial charge in [-0.1, -0.05) is 15.9 Å². The number of sulfone groups is 1. The van der Waals surface area contributed by atoms with Gasteiger partial charge in [0.2, 0.25) is 0 Å². The van der Waals surface area contributed by atoms with Crippen molar-refractivity contribution in [2.45, 2.75) is 24.3 Å². The van der Waals surface area contributed by atoms with Gasteiger partial charge in [0.15, 0.2) is 9.84 Å². The average Bonchev–Trinajstić information content (AvgIpc) is 2.20. The Morgan fingerprint density at radius 1 is 1.47 bits per heavy atom. The first-order valence-electron chi connectivity index (χ1n) is 5.14. The zero-order valence-corrected chi connectivity index (χ0v) is 12.2. The third-order valence-electron chi connectivity index (χ3n) is 2.62. The minimum absolute atomic E-state index is 0.0731. The van der Waals surface area contributed by atoms with E-state index in [1.165, 1.54) is 0 Å². The second kappa shape index (κ2) is 5.48. The Morgan fingerprint density at radius 2 is 2.06 bits per heavy atom. The van der Waals surface area contributed by atoms with Crippen LogP contribution in [0, 0.1) is 6.92 Å². The third kappa shape index (κ3) is 3.28. The number of aliphatic hydroxyl groups excluding tert-OH is 1. The van der Waals surface area contributed by atoms with Crippen LogP contribution in [0.25, 0.3) is 0 Å². The van der Waals surface area contributed by atoms with Crippen molar-refractivity contribution < 1.29 is 13.5 Å². The molecule has 0 radical (unpaired) electrons. The molecular weight excluding hydrogens is 306 g/mol. The maximum atomic E-state index is 11.7. The standard InChI is InChI=1S/C11H16BrNO3S/c1-7-8(12)3-4-10(17(2,15)16)11(7)9(13)5-6-14/h3-4,9,14H,5-6,13H2,1-2H3. The van der Waals surface area contributed by atoms with Gasteiger partial charge < -0.3 is 10.8 Å². The summed E-state index contributed by atoms with van der Waals surface area (Å²) >= 11 is 3.35. The zero-order chi connectivity index (χ0) is 13.2. The highest BCUT2D eigenvalue weighted by Crippen LogP contribution is 2.31. The normalized spacial score (nSPS) is 13.7. The second-order valence-electron chi connectivity index (χ2n) is 3.98. The summed E-state index contributed by atoms with van der Waals surface area (Å²) in [5.41, 5.74) is 7.31. The highest BCUT2D eigenvalue weighted by Gasteiger charge is 2.21. The van der Waals surface area contributed by atoms with Crippen molar-refractivity contribution in [2.75, 3.05) is 12.9 Å². The summed E-state index contributed by atoms with van der Waals surface area (Å²) in [5.74, 6) is 0. The van der Waals surface area contributed by atoms with Crippen LogP contribution in [0.1, 0.15) is 23.6 Å². The number of rotatable bonds is 4. The van der Waals surface area contributed by atoms with Crippen molar-refractivity contribution >= 4 is 25.8 Å². The molecule has 1 aromatic rings. The van der Waals surface area contributed by atoms with Crippen molar-refractivity contribution in [1.29, 1.82) is 0 Å². The van der Waals surface area contributed by atoms with Gasteiger partial charge >= 0.3 is 0 Å². The summed E-state index contributed by atoms with van der Waals surface area (Å²) < 4.78 is 24.2. The fraction of sp³-hybridized carbons (Fsp3) is 0.455. The topological polar surface area (TPSA) is 80.4 Å². The molecule has 0 amide bonds. The molecule has 0 saturated heterocycles. The molecule has 1 atom stereocenters. The number of hydrogen-bond acceptors (Lipinski definition) is 4. The van der Waals surface area contributed by atoms with Crippen LogP contribution in [0.2, 0.25) is 0 Å². The van der Waals surface area contributed by atoms with E-state index in [0.717, 1.165) is 16.3 Å². The molecule has 1 aromatic carbocycles. The van der Waals surface area contributed by atoms with Gasteiger partial charge in [-0.3, -0.25) is 0 Å². The first kappa shape index (κ1) is 14.6. The third-order valence-corrected chi connectivity index (χ3v) is 4.63. The Bertz CT molecular complexity index is 514. The van der Waals surface area contributed by atoms with E-state index < -0.39 is 15.9 Å². The van der Waals surface area contributed by atoms with E-state index in [1.54, 1.807) is 12.1 Å². The van der Waals surface area contributed by atoms with E-state index in [2.05, 4.69) is 15.9 Å². The molecule has 0 heterocycles. The molecule has 0 aliphatic rings. The predicted molar refractivity (Wildman–Crippen MR) is 70.6 cm³/mol. The first-order chi connectivity index (χ1) is 7.79. The molecule has 4 nitrogen and oxygen atoms in total. The van der Waals surface area contributed by atoms with Gasteiger partial charge in [-0.15, -0.1) is 0 Å². The van der Waals surface area contributed by atoms with Crippen molar-refractivity contribution in [1.82, 2.24) is 0 Å². The lowest BCUT2D eigenvalue weighted by Gasteiger charge is -2.18. The molecule has 1 unspecified atom stereocenters. The minimum Gasteiger partial charge on any atom is -0.396 e. The summed E-state index contributed by atoms with van der Waals surface area (Å²) in [6, 6.07) is 2.75. The molecule has 0 spiro atoms. The number of halogens is 1. The molecule has 0 aliphatic heterocycles. The van der Waals surface area contributed by atoms with Crippen LogP contribution in [0.5, 0.6) is 0 Å². The lowest BCUT2D eigenvalue weighted by Crippen LogP contribution is -2.17. The van der Waals surface area contributed by atoms with Gasteiger partial charge in [0, 0.05) is 23.4 Å². The van der Waals surface area contributed by atoms with E-state index in [-0.39, 0.29) is 11.5 Å². The Morgan fingerprint density at radius 3 is 2.53 bits per heavy atom. The fourth-order valence-electron chi connectivity index (χ4n) is 1.74. The Balaban J connectivity index is 3.47. The van der Waals surface area contributed by atoms with Gasteiger partial charge in [-0.25, -0.2) is 8.42 Å². The summed E-state index contributed by atoms with van der Waals surface area (Å²) in [6.45, 7) is 1.74. The first-order valence-corrected chi connectivity index (χ1v) is 7.83. The molecule has 0 fully saturated rings. The molecule has 96 valence electrons. The van der Waals surface area contributed by atoms with E-state index in [0.29, 0.717) is 12.0 Å². The predicted octanol–water partition coefficient (Wildman–Crippen LogP) is 1.54. The monoisotopic (exact) mass is 321 g/mol. The van der Waals surface area contributed by atoms with Crippen LogP contribution in [-0.4, -0.2) is 26.4 Å².